The molecule has 20 heavy (non-hydrogen) atoms. The molecule has 1 aliphatic rings. The number of carbonyl (C=O) groups is 2. The zero-order valence-electron chi connectivity index (χ0n) is 11.4. The number of fused-ring (bicyclic) bond motifs is 1. The van der Waals surface area contributed by atoms with Gasteiger partial charge in [0, 0.05) is 6.54 Å². The van der Waals surface area contributed by atoms with E-state index in [0.717, 1.165) is 43.2 Å². The predicted molar refractivity (Wildman–Crippen MR) is 75.5 cm³/mol. The van der Waals surface area contributed by atoms with Crippen molar-refractivity contribution < 1.29 is 14.7 Å². The third kappa shape index (κ3) is 3.05. The fraction of sp³-hybridized carbons (Fsp3) is 0.467. The molecule has 108 valence electrons. The summed E-state index contributed by atoms with van der Waals surface area (Å²) in [4.78, 5) is 24.4. The molecule has 0 aromatic heterocycles. The van der Waals surface area contributed by atoms with Gasteiger partial charge in [-0.15, -0.1) is 0 Å². The minimum atomic E-state index is -0.959. The van der Waals surface area contributed by atoms with Crippen LogP contribution in [0.4, 0.5) is 0 Å². The molecule has 0 fully saturated rings. The summed E-state index contributed by atoms with van der Waals surface area (Å²) in [5.41, 5.74) is 7.58. The molecule has 1 aromatic rings. The molecule has 1 aromatic carbocycles. The van der Waals surface area contributed by atoms with Gasteiger partial charge in [-0.05, 0) is 49.2 Å². The SMILES string of the molecule is NCCCCCN1Cc2ccc(C(=O)O)cc2C1C=O. The van der Waals surface area contributed by atoms with E-state index in [-0.39, 0.29) is 11.6 Å². The fourth-order valence-electron chi connectivity index (χ4n) is 2.67. The largest absolute Gasteiger partial charge is 0.478 e. The summed E-state index contributed by atoms with van der Waals surface area (Å²) in [6, 6.07) is 4.72. The maximum absolute atomic E-state index is 11.3. The number of hydrogen-bond acceptors (Lipinski definition) is 4. The molecule has 0 saturated heterocycles. The van der Waals surface area contributed by atoms with Crippen molar-refractivity contribution in [3.8, 4) is 0 Å². The molecule has 3 N–H and O–H groups in total. The lowest BCUT2D eigenvalue weighted by Gasteiger charge is -2.20. The van der Waals surface area contributed by atoms with Gasteiger partial charge in [0.2, 0.25) is 0 Å². The van der Waals surface area contributed by atoms with Crippen molar-refractivity contribution in [2.24, 2.45) is 5.73 Å². The number of carboxylic acid groups (broad SMARTS) is 1. The number of aromatic carboxylic acids is 1. The Morgan fingerprint density at radius 2 is 2.20 bits per heavy atom. The van der Waals surface area contributed by atoms with Crippen LogP contribution in [0.15, 0.2) is 18.2 Å². The van der Waals surface area contributed by atoms with Crippen molar-refractivity contribution in [1.29, 1.82) is 0 Å². The van der Waals surface area contributed by atoms with Crippen LogP contribution in [0.25, 0.3) is 0 Å². The van der Waals surface area contributed by atoms with Crippen LogP contribution in [0.5, 0.6) is 0 Å². The van der Waals surface area contributed by atoms with Crippen LogP contribution in [0.2, 0.25) is 0 Å². The van der Waals surface area contributed by atoms with Crippen LogP contribution in [-0.2, 0) is 11.3 Å². The number of carbonyl (C=O) groups excluding carboxylic acids is 1. The molecule has 0 bridgehead atoms. The lowest BCUT2D eigenvalue weighted by molar-refractivity contribution is -0.112. The maximum atomic E-state index is 11.3. The Bertz CT molecular complexity index is 502. The summed E-state index contributed by atoms with van der Waals surface area (Å²) in [7, 11) is 0. The number of nitrogens with two attached hydrogens (primary N) is 1. The number of nitrogens with zero attached hydrogens (tertiary/aromatic N) is 1. The van der Waals surface area contributed by atoms with Crippen molar-refractivity contribution in [3.63, 3.8) is 0 Å². The van der Waals surface area contributed by atoms with E-state index in [4.69, 9.17) is 10.8 Å². The molecule has 1 unspecified atom stereocenters. The Kier molecular flexibility index (Phi) is 4.87. The van der Waals surface area contributed by atoms with Gasteiger partial charge < -0.3 is 15.6 Å². The number of carboxylic acids is 1. The molecule has 1 atom stereocenters. The van der Waals surface area contributed by atoms with Gasteiger partial charge in [-0.2, -0.15) is 0 Å². The van der Waals surface area contributed by atoms with Crippen molar-refractivity contribution in [2.45, 2.75) is 31.8 Å². The minimum absolute atomic E-state index is 0.237. The summed E-state index contributed by atoms with van der Waals surface area (Å²) < 4.78 is 0. The van der Waals surface area contributed by atoms with Gasteiger partial charge in [-0.3, -0.25) is 4.90 Å². The lowest BCUT2D eigenvalue weighted by Crippen LogP contribution is -2.24. The van der Waals surface area contributed by atoms with Gasteiger partial charge in [0.25, 0.3) is 0 Å². The molecule has 5 nitrogen and oxygen atoms in total. The summed E-state index contributed by atoms with van der Waals surface area (Å²) in [6.45, 7) is 2.24. The zero-order chi connectivity index (χ0) is 14.5. The van der Waals surface area contributed by atoms with Gasteiger partial charge in [-0.25, -0.2) is 4.79 Å². The molecule has 2 rings (SSSR count). The van der Waals surface area contributed by atoms with Crippen LogP contribution in [0, 0.1) is 0 Å². The Morgan fingerprint density at radius 3 is 2.85 bits per heavy atom. The number of rotatable bonds is 7. The third-order valence-electron chi connectivity index (χ3n) is 3.76. The third-order valence-corrected chi connectivity index (χ3v) is 3.76. The van der Waals surface area contributed by atoms with Gasteiger partial charge in [-0.1, -0.05) is 12.5 Å². The second kappa shape index (κ2) is 6.63. The van der Waals surface area contributed by atoms with Crippen molar-refractivity contribution >= 4 is 12.3 Å². The first-order valence-corrected chi connectivity index (χ1v) is 6.93. The topological polar surface area (TPSA) is 83.6 Å². The predicted octanol–water partition coefficient (Wildman–Crippen LogP) is 1.57. The van der Waals surface area contributed by atoms with E-state index in [1.807, 2.05) is 6.07 Å². The molecule has 0 radical (unpaired) electrons. The van der Waals surface area contributed by atoms with E-state index in [1.54, 1.807) is 12.1 Å². The first kappa shape index (κ1) is 14.7. The van der Waals surface area contributed by atoms with E-state index < -0.39 is 5.97 Å². The number of benzene rings is 1. The molecule has 0 amide bonds. The van der Waals surface area contributed by atoms with E-state index >= 15 is 0 Å². The molecule has 0 saturated carbocycles. The number of hydrogen-bond donors (Lipinski definition) is 2. The van der Waals surface area contributed by atoms with Gasteiger partial charge >= 0.3 is 5.97 Å². The highest BCUT2D eigenvalue weighted by molar-refractivity contribution is 5.88. The smallest absolute Gasteiger partial charge is 0.335 e. The molecular weight excluding hydrogens is 256 g/mol. The number of unbranched alkanes of at least 4 members (excludes halogenated alkanes) is 2. The molecule has 5 heteroatoms. The van der Waals surface area contributed by atoms with Crippen LogP contribution in [0.3, 0.4) is 0 Å². The van der Waals surface area contributed by atoms with Crippen molar-refractivity contribution in [3.05, 3.63) is 34.9 Å². The summed E-state index contributed by atoms with van der Waals surface area (Å²) >= 11 is 0. The first-order chi connectivity index (χ1) is 9.67. The van der Waals surface area contributed by atoms with Gasteiger partial charge in [0.1, 0.15) is 6.29 Å². The first-order valence-electron chi connectivity index (χ1n) is 6.93. The lowest BCUT2D eigenvalue weighted by atomic mass is 10.0. The standard InChI is InChI=1S/C15H20N2O3/c16-6-2-1-3-7-17-9-12-5-4-11(15(19)20)8-13(12)14(17)10-18/h4-5,8,10,14H,1-3,6-7,9,16H2,(H,19,20). The van der Waals surface area contributed by atoms with Gasteiger partial charge in [0.15, 0.2) is 0 Å². The molecule has 1 heterocycles. The Morgan fingerprint density at radius 1 is 1.40 bits per heavy atom. The second-order valence-electron chi connectivity index (χ2n) is 5.12. The van der Waals surface area contributed by atoms with E-state index in [1.165, 1.54) is 0 Å². The van der Waals surface area contributed by atoms with Crippen LogP contribution >= 0.6 is 0 Å². The molecule has 0 spiro atoms. The monoisotopic (exact) mass is 276 g/mol. The maximum Gasteiger partial charge on any atom is 0.335 e. The highest BCUT2D eigenvalue weighted by Gasteiger charge is 2.29. The minimum Gasteiger partial charge on any atom is -0.478 e. The quantitative estimate of drug-likeness (QED) is 0.583. The summed E-state index contributed by atoms with van der Waals surface area (Å²) in [5, 5.41) is 9.03. The van der Waals surface area contributed by atoms with E-state index in [0.29, 0.717) is 13.1 Å². The molecule has 0 aliphatic carbocycles. The Balaban J connectivity index is 2.09. The highest BCUT2D eigenvalue weighted by Crippen LogP contribution is 2.33. The average Bonchev–Trinajstić information content (AvgIpc) is 2.79. The van der Waals surface area contributed by atoms with Crippen LogP contribution in [0.1, 0.15) is 46.8 Å². The molecular formula is C15H20N2O3. The van der Waals surface area contributed by atoms with E-state index in [2.05, 4.69) is 4.90 Å². The fourth-order valence-corrected chi connectivity index (χ4v) is 2.67. The molecule has 1 aliphatic heterocycles. The Hall–Kier alpha value is -1.72. The normalized spacial score (nSPS) is 17.9. The van der Waals surface area contributed by atoms with Crippen LogP contribution < -0.4 is 5.73 Å². The Labute approximate surface area is 118 Å². The zero-order valence-corrected chi connectivity index (χ0v) is 11.4. The van der Waals surface area contributed by atoms with Gasteiger partial charge in [0.05, 0.1) is 11.6 Å². The van der Waals surface area contributed by atoms with E-state index in [9.17, 15) is 9.59 Å². The van der Waals surface area contributed by atoms with Crippen molar-refractivity contribution in [1.82, 2.24) is 4.90 Å². The van der Waals surface area contributed by atoms with Crippen LogP contribution in [-0.4, -0.2) is 35.4 Å². The second-order valence-corrected chi connectivity index (χ2v) is 5.12. The number of aldehydes is 1. The average molecular weight is 276 g/mol. The summed E-state index contributed by atoms with van der Waals surface area (Å²) in [6.07, 6.45) is 3.95. The highest BCUT2D eigenvalue weighted by atomic mass is 16.4. The van der Waals surface area contributed by atoms with Crippen molar-refractivity contribution in [2.75, 3.05) is 13.1 Å². The summed E-state index contributed by atoms with van der Waals surface area (Å²) in [5.74, 6) is -0.959.